The molecule has 0 aliphatic carbocycles. The molecule has 1 saturated heterocycles. The van der Waals surface area contributed by atoms with E-state index in [2.05, 4.69) is 0 Å². The molecule has 110 valence electrons. The molecule has 5 nitrogen and oxygen atoms in total. The first-order chi connectivity index (χ1) is 8.82. The number of carbonyl (C=O) groups excluding carboxylic acids is 2. The van der Waals surface area contributed by atoms with Gasteiger partial charge in [-0.2, -0.15) is 0 Å². The molecule has 0 aromatic rings. The van der Waals surface area contributed by atoms with Crippen LogP contribution in [0.4, 0.5) is 4.79 Å². The van der Waals surface area contributed by atoms with Crippen LogP contribution in [0, 0.1) is 0 Å². The first kappa shape index (κ1) is 16.0. The Morgan fingerprint density at radius 1 is 1.32 bits per heavy atom. The number of nitrogens with zero attached hydrogens (tertiary/aromatic N) is 1. The van der Waals surface area contributed by atoms with Crippen LogP contribution in [-0.2, 0) is 14.3 Å². The second-order valence-electron chi connectivity index (χ2n) is 5.94. The molecule has 19 heavy (non-hydrogen) atoms. The van der Waals surface area contributed by atoms with Crippen molar-refractivity contribution < 1.29 is 19.1 Å². The van der Waals surface area contributed by atoms with Crippen molar-refractivity contribution in [3.05, 3.63) is 0 Å². The van der Waals surface area contributed by atoms with E-state index in [4.69, 9.17) is 9.47 Å². The van der Waals surface area contributed by atoms with E-state index < -0.39 is 11.2 Å². The van der Waals surface area contributed by atoms with Gasteiger partial charge in [0.2, 0.25) is 0 Å². The van der Waals surface area contributed by atoms with Crippen LogP contribution in [0.2, 0.25) is 0 Å². The van der Waals surface area contributed by atoms with E-state index in [1.165, 1.54) is 0 Å². The number of rotatable bonds is 3. The van der Waals surface area contributed by atoms with Gasteiger partial charge in [-0.3, -0.25) is 0 Å². The summed E-state index contributed by atoms with van der Waals surface area (Å²) in [6.07, 6.45) is 2.51. The van der Waals surface area contributed by atoms with Crippen LogP contribution in [-0.4, -0.2) is 48.2 Å². The number of likely N-dealkylation sites (tertiary alicyclic amines) is 1. The molecule has 0 N–H and O–H groups in total. The van der Waals surface area contributed by atoms with Crippen LogP contribution in [0.15, 0.2) is 0 Å². The Morgan fingerprint density at radius 2 is 2.00 bits per heavy atom. The van der Waals surface area contributed by atoms with Crippen molar-refractivity contribution in [2.24, 2.45) is 0 Å². The molecule has 0 radical (unpaired) electrons. The number of hydrogen-bond acceptors (Lipinski definition) is 4. The van der Waals surface area contributed by atoms with E-state index in [1.54, 1.807) is 4.90 Å². The minimum atomic E-state index is -0.731. The molecule has 0 bridgehead atoms. The van der Waals surface area contributed by atoms with Crippen molar-refractivity contribution in [1.82, 2.24) is 4.90 Å². The molecule has 1 atom stereocenters. The van der Waals surface area contributed by atoms with E-state index in [0.717, 1.165) is 12.7 Å². The zero-order valence-corrected chi connectivity index (χ0v) is 12.4. The van der Waals surface area contributed by atoms with Crippen molar-refractivity contribution in [3.8, 4) is 0 Å². The normalized spacial score (nSPS) is 24.7. The lowest BCUT2D eigenvalue weighted by Crippen LogP contribution is -2.39. The summed E-state index contributed by atoms with van der Waals surface area (Å²) in [6.45, 7) is 9.02. The maximum absolute atomic E-state index is 12.0. The summed E-state index contributed by atoms with van der Waals surface area (Å²) >= 11 is 0. The lowest BCUT2D eigenvalue weighted by atomic mass is 9.96. The molecule has 1 aliphatic heterocycles. The summed E-state index contributed by atoms with van der Waals surface area (Å²) in [6, 6.07) is 0. The van der Waals surface area contributed by atoms with Gasteiger partial charge in [0.15, 0.2) is 6.29 Å². The van der Waals surface area contributed by atoms with Gasteiger partial charge in [-0.15, -0.1) is 0 Å². The molecule has 1 unspecified atom stereocenters. The average Bonchev–Trinajstić information content (AvgIpc) is 2.51. The third kappa shape index (κ3) is 4.82. The van der Waals surface area contributed by atoms with E-state index >= 15 is 0 Å². The number of hydrogen-bond donors (Lipinski definition) is 0. The molecule has 0 aromatic heterocycles. The molecule has 1 heterocycles. The summed E-state index contributed by atoms with van der Waals surface area (Å²) in [7, 11) is 0. The lowest BCUT2D eigenvalue weighted by molar-refractivity contribution is -0.132. The Balaban J connectivity index is 2.63. The van der Waals surface area contributed by atoms with Gasteiger partial charge in [0.1, 0.15) is 11.2 Å². The number of carbonyl (C=O) groups is 2. The van der Waals surface area contributed by atoms with Crippen molar-refractivity contribution in [2.45, 2.75) is 58.2 Å². The first-order valence-electron chi connectivity index (χ1n) is 6.90. The lowest BCUT2D eigenvalue weighted by Gasteiger charge is -2.28. The minimum absolute atomic E-state index is 0.314. The van der Waals surface area contributed by atoms with Gasteiger partial charge >= 0.3 is 6.09 Å². The molecule has 1 amide bonds. The van der Waals surface area contributed by atoms with E-state index in [0.29, 0.717) is 32.5 Å². The van der Waals surface area contributed by atoms with Crippen molar-refractivity contribution in [1.29, 1.82) is 0 Å². The highest BCUT2D eigenvalue weighted by Crippen LogP contribution is 2.25. The van der Waals surface area contributed by atoms with Crippen LogP contribution >= 0.6 is 0 Å². The van der Waals surface area contributed by atoms with Gasteiger partial charge in [0.05, 0.1) is 0 Å². The fraction of sp³-hybridized carbons (Fsp3) is 0.857. The highest BCUT2D eigenvalue weighted by molar-refractivity contribution is 5.69. The summed E-state index contributed by atoms with van der Waals surface area (Å²) in [4.78, 5) is 24.9. The zero-order chi connectivity index (χ0) is 14.5. The molecule has 5 heteroatoms. The molecule has 0 spiro atoms. The largest absolute Gasteiger partial charge is 0.444 e. The molecular formula is C14H25NO4. The van der Waals surface area contributed by atoms with Gasteiger partial charge in [-0.25, -0.2) is 4.79 Å². The standard InChI is InChI=1S/C14H25NO4/c1-5-18-14(11-16)7-6-9-15(10-8-14)12(17)19-13(2,3)4/h11H,5-10H2,1-4H3. The van der Waals surface area contributed by atoms with E-state index in [-0.39, 0.29) is 6.09 Å². The Labute approximate surface area is 115 Å². The first-order valence-corrected chi connectivity index (χ1v) is 6.90. The van der Waals surface area contributed by atoms with Crippen LogP contribution in [0.3, 0.4) is 0 Å². The van der Waals surface area contributed by atoms with Crippen LogP contribution in [0.25, 0.3) is 0 Å². The smallest absolute Gasteiger partial charge is 0.410 e. The molecular weight excluding hydrogens is 246 g/mol. The third-order valence-corrected chi connectivity index (χ3v) is 3.13. The molecule has 0 saturated carbocycles. The monoisotopic (exact) mass is 271 g/mol. The van der Waals surface area contributed by atoms with Crippen LogP contribution in [0.1, 0.15) is 47.0 Å². The third-order valence-electron chi connectivity index (χ3n) is 3.13. The average molecular weight is 271 g/mol. The van der Waals surface area contributed by atoms with Gasteiger partial charge in [-0.1, -0.05) is 0 Å². The SMILES string of the molecule is CCOC1(C=O)CCCN(C(=O)OC(C)(C)C)CC1. The number of ether oxygens (including phenoxy) is 2. The Morgan fingerprint density at radius 3 is 2.53 bits per heavy atom. The number of amides is 1. The molecule has 1 fully saturated rings. The predicted octanol–water partition coefficient (Wildman–Crippen LogP) is 2.38. The Kier molecular flexibility index (Phi) is 5.35. The molecule has 1 rings (SSSR count). The fourth-order valence-corrected chi connectivity index (χ4v) is 2.22. The minimum Gasteiger partial charge on any atom is -0.444 e. The molecule has 1 aliphatic rings. The van der Waals surface area contributed by atoms with Crippen LogP contribution in [0.5, 0.6) is 0 Å². The predicted molar refractivity (Wildman–Crippen MR) is 72.1 cm³/mol. The van der Waals surface area contributed by atoms with Crippen molar-refractivity contribution in [2.75, 3.05) is 19.7 Å². The van der Waals surface area contributed by atoms with Crippen molar-refractivity contribution >= 4 is 12.4 Å². The molecule has 0 aromatic carbocycles. The fourth-order valence-electron chi connectivity index (χ4n) is 2.22. The highest BCUT2D eigenvalue weighted by atomic mass is 16.6. The van der Waals surface area contributed by atoms with Gasteiger partial charge < -0.3 is 19.2 Å². The van der Waals surface area contributed by atoms with Gasteiger partial charge in [-0.05, 0) is 40.5 Å². The van der Waals surface area contributed by atoms with E-state index in [1.807, 2.05) is 27.7 Å². The topological polar surface area (TPSA) is 55.8 Å². The summed E-state index contributed by atoms with van der Waals surface area (Å²) in [5.41, 5.74) is -1.23. The number of aldehydes is 1. The van der Waals surface area contributed by atoms with Crippen molar-refractivity contribution in [3.63, 3.8) is 0 Å². The van der Waals surface area contributed by atoms with Crippen LogP contribution < -0.4 is 0 Å². The Hall–Kier alpha value is -1.10. The maximum Gasteiger partial charge on any atom is 0.410 e. The summed E-state index contributed by atoms with van der Waals surface area (Å²) in [5, 5.41) is 0. The maximum atomic E-state index is 12.0. The van der Waals surface area contributed by atoms with E-state index in [9.17, 15) is 9.59 Å². The Bertz CT molecular complexity index is 324. The van der Waals surface area contributed by atoms with Gasteiger partial charge in [0, 0.05) is 26.1 Å². The summed E-state index contributed by atoms with van der Waals surface area (Å²) < 4.78 is 10.9. The summed E-state index contributed by atoms with van der Waals surface area (Å²) in [5.74, 6) is 0. The zero-order valence-electron chi connectivity index (χ0n) is 12.4. The highest BCUT2D eigenvalue weighted by Gasteiger charge is 2.35. The second-order valence-corrected chi connectivity index (χ2v) is 5.94. The quantitative estimate of drug-likeness (QED) is 0.740. The van der Waals surface area contributed by atoms with Gasteiger partial charge in [0.25, 0.3) is 0 Å². The second kappa shape index (κ2) is 6.37.